The second-order valence-corrected chi connectivity index (χ2v) is 7.51. The van der Waals surface area contributed by atoms with E-state index in [9.17, 15) is 38.2 Å². The van der Waals surface area contributed by atoms with Crippen LogP contribution in [-0.4, -0.2) is 47.5 Å². The van der Waals surface area contributed by atoms with Gasteiger partial charge in [0.25, 0.3) is 10.7 Å². The van der Waals surface area contributed by atoms with E-state index in [0.717, 1.165) is 6.08 Å². The molecule has 0 aromatic heterocycles. The Hall–Kier alpha value is -2.89. The minimum atomic E-state index is -4.75. The molecule has 0 aliphatic heterocycles. The Balaban J connectivity index is 0.00000363. The Morgan fingerprint density at radius 2 is 1.75 bits per heavy atom. The molecular weight excluding hydrogens is 461 g/mol. The summed E-state index contributed by atoms with van der Waals surface area (Å²) in [6.45, 7) is 0. The minimum absolute atomic E-state index is 0. The number of hydrogen-bond acceptors (Lipinski definition) is 11. The van der Waals surface area contributed by atoms with Crippen LogP contribution in [0.3, 0.4) is 0 Å². The van der Waals surface area contributed by atoms with Crippen LogP contribution in [0.2, 0.25) is 0 Å². The van der Waals surface area contributed by atoms with Crippen molar-refractivity contribution in [3.63, 3.8) is 0 Å². The molecule has 32 heavy (non-hydrogen) atoms. The second kappa shape index (κ2) is 9.31. The van der Waals surface area contributed by atoms with Crippen molar-refractivity contribution < 1.29 is 62.6 Å². The molecule has 1 aromatic rings. The van der Waals surface area contributed by atoms with E-state index in [4.69, 9.17) is 10.9 Å². The van der Waals surface area contributed by atoms with Gasteiger partial charge in [-0.1, -0.05) is 0 Å². The van der Waals surface area contributed by atoms with Gasteiger partial charge in [0.05, 0.1) is 10.6 Å². The molecule has 160 valence electrons. The Kier molecular flexibility index (Phi) is 7.38. The van der Waals surface area contributed by atoms with E-state index in [-0.39, 0.29) is 46.4 Å². The largest absolute Gasteiger partial charge is 1.00 e. The Morgan fingerprint density at radius 3 is 2.31 bits per heavy atom. The number of rotatable bonds is 4. The number of anilines is 1. The SMILES string of the molecule is Nc1ccc2c(c1)C=C([S+](=O)(O)O)C(=NN=C1C=C(N([O-])O)C=C([N+](=O)[O-])C1=O)C2=O.[Na+]. The van der Waals surface area contributed by atoms with Crippen LogP contribution in [0.5, 0.6) is 0 Å². The average molecular weight is 472 g/mol. The summed E-state index contributed by atoms with van der Waals surface area (Å²) in [5.41, 5.74) is 2.43. The first kappa shape index (κ1) is 25.4. The van der Waals surface area contributed by atoms with Gasteiger partial charge in [-0.25, -0.2) is 0 Å². The molecule has 0 amide bonds. The molecule has 3 rings (SSSR count). The number of Topliss-reactive ketones (excluding diaryl/α,β-unsaturated/α-hetero) is 2. The van der Waals surface area contributed by atoms with Crippen molar-refractivity contribution in [1.82, 2.24) is 5.23 Å². The first-order valence-corrected chi connectivity index (χ1v) is 9.47. The van der Waals surface area contributed by atoms with Gasteiger partial charge in [-0.05, 0) is 34.0 Å². The van der Waals surface area contributed by atoms with Crippen molar-refractivity contribution in [2.24, 2.45) is 10.2 Å². The number of carbonyl (C=O) groups excluding carboxylic acids is 2. The average Bonchev–Trinajstić information content (AvgIpc) is 2.66. The van der Waals surface area contributed by atoms with Crippen molar-refractivity contribution in [3.8, 4) is 0 Å². The van der Waals surface area contributed by atoms with Crippen molar-refractivity contribution >= 4 is 45.2 Å². The van der Waals surface area contributed by atoms with Crippen molar-refractivity contribution in [2.75, 3.05) is 5.73 Å². The molecule has 5 N–H and O–H groups in total. The molecule has 0 heterocycles. The van der Waals surface area contributed by atoms with Crippen LogP contribution >= 0.6 is 0 Å². The fourth-order valence-corrected chi connectivity index (χ4v) is 3.33. The third kappa shape index (κ3) is 4.95. The van der Waals surface area contributed by atoms with E-state index < -0.39 is 59.9 Å². The van der Waals surface area contributed by atoms with Crippen molar-refractivity contribution in [3.05, 3.63) is 73.1 Å². The smallest absolute Gasteiger partial charge is 0.733 e. The van der Waals surface area contributed by atoms with E-state index in [2.05, 4.69) is 10.2 Å². The summed E-state index contributed by atoms with van der Waals surface area (Å²) in [5, 5.41) is 37.1. The number of hydrogen-bond donors (Lipinski definition) is 4. The number of ketones is 2. The van der Waals surface area contributed by atoms with Gasteiger partial charge in [-0.15, -0.1) is 10.2 Å². The van der Waals surface area contributed by atoms with Gasteiger partial charge in [0, 0.05) is 23.4 Å². The van der Waals surface area contributed by atoms with Crippen LogP contribution in [0, 0.1) is 15.3 Å². The zero-order valence-electron chi connectivity index (χ0n) is 16.0. The fourth-order valence-electron chi connectivity index (χ4n) is 2.66. The second-order valence-electron chi connectivity index (χ2n) is 6.07. The van der Waals surface area contributed by atoms with Crippen LogP contribution in [-0.2, 0) is 19.5 Å². The number of nitrogens with two attached hydrogens (primary N) is 1. The van der Waals surface area contributed by atoms with Crippen LogP contribution in [0.25, 0.3) is 6.08 Å². The van der Waals surface area contributed by atoms with Gasteiger partial charge < -0.3 is 16.2 Å². The molecule has 0 atom stereocenters. The Bertz CT molecular complexity index is 1240. The van der Waals surface area contributed by atoms with Crippen LogP contribution < -0.4 is 35.3 Å². The van der Waals surface area contributed by atoms with Crippen molar-refractivity contribution in [1.29, 1.82) is 0 Å². The Labute approximate surface area is 201 Å². The molecule has 0 spiro atoms. The third-order valence-electron chi connectivity index (χ3n) is 4.05. The number of nitrogens with zero attached hydrogens (tertiary/aromatic N) is 4. The normalized spacial score (nSPS) is 18.4. The number of carbonyl (C=O) groups is 2. The molecule has 14 nitrogen and oxygen atoms in total. The van der Waals surface area contributed by atoms with Crippen LogP contribution in [0.15, 0.2) is 56.9 Å². The molecule has 0 radical (unpaired) electrons. The van der Waals surface area contributed by atoms with Crippen molar-refractivity contribution in [2.45, 2.75) is 0 Å². The Morgan fingerprint density at radius 1 is 1.09 bits per heavy atom. The summed E-state index contributed by atoms with van der Waals surface area (Å²) in [7, 11) is -4.75. The maximum absolute atomic E-state index is 12.7. The van der Waals surface area contributed by atoms with E-state index in [1.807, 2.05) is 0 Å². The molecule has 0 fully saturated rings. The predicted molar refractivity (Wildman–Crippen MR) is 107 cm³/mol. The third-order valence-corrected chi connectivity index (χ3v) is 4.94. The van der Waals surface area contributed by atoms with E-state index in [1.54, 1.807) is 0 Å². The molecule has 0 unspecified atom stereocenters. The summed E-state index contributed by atoms with van der Waals surface area (Å²) < 4.78 is 31.0. The summed E-state index contributed by atoms with van der Waals surface area (Å²) in [6.07, 6.45) is 2.11. The molecule has 2 aliphatic rings. The summed E-state index contributed by atoms with van der Waals surface area (Å²) in [6, 6.07) is 3.96. The van der Waals surface area contributed by atoms with E-state index >= 15 is 0 Å². The zero-order chi connectivity index (χ0) is 23.1. The molecule has 0 saturated carbocycles. The zero-order valence-corrected chi connectivity index (χ0v) is 18.8. The quantitative estimate of drug-likeness (QED) is 0.0922. The molecule has 1 aromatic carbocycles. The number of hydroxylamine groups is 2. The van der Waals surface area contributed by atoms with E-state index in [1.165, 1.54) is 18.2 Å². The fraction of sp³-hybridized carbons (Fsp3) is 0. The predicted octanol–water partition coefficient (Wildman–Crippen LogP) is -2.13. The topological polar surface area (TPSA) is 232 Å². The number of allylic oxidation sites excluding steroid dienone is 4. The van der Waals surface area contributed by atoms with Gasteiger partial charge in [-0.2, -0.15) is 9.11 Å². The molecule has 16 heteroatoms. The first-order valence-electron chi connectivity index (χ1n) is 8.00. The minimum Gasteiger partial charge on any atom is -0.733 e. The molecule has 2 aliphatic carbocycles. The van der Waals surface area contributed by atoms with Crippen LogP contribution in [0.4, 0.5) is 5.69 Å². The number of nitro groups is 1. The first-order chi connectivity index (χ1) is 14.4. The van der Waals surface area contributed by atoms with Gasteiger partial charge >= 0.3 is 45.7 Å². The standard InChI is InChI=1S/C16H11N5O9S.Na/c17-8-1-2-10-7(3-8)4-13(31(28,29)30)14(15(10)22)19-18-11-5-9(20(24)25)6-12(16(11)23)21(26)27;/h1-6,24H,17H2,(H2,28,29,30);/q;+1. The molecule has 0 bridgehead atoms. The number of fused-ring (bicyclic) bond motifs is 1. The van der Waals surface area contributed by atoms with Gasteiger partial charge in [0.1, 0.15) is 5.71 Å². The number of nitrogen functional groups attached to an aromatic ring is 1. The molecular formula is C16H11N5NaO9S+. The summed E-state index contributed by atoms with van der Waals surface area (Å²) >= 11 is 0. The summed E-state index contributed by atoms with van der Waals surface area (Å²) in [5.74, 6) is -2.27. The summed E-state index contributed by atoms with van der Waals surface area (Å²) in [4.78, 5) is 33.9. The van der Waals surface area contributed by atoms with Gasteiger partial charge in [0.2, 0.25) is 5.78 Å². The maximum Gasteiger partial charge on any atom is 1.00 e. The van der Waals surface area contributed by atoms with Gasteiger partial charge in [-0.3, -0.25) is 24.9 Å². The monoisotopic (exact) mass is 472 g/mol. The van der Waals surface area contributed by atoms with E-state index in [0.29, 0.717) is 12.2 Å². The molecule has 0 saturated heterocycles. The van der Waals surface area contributed by atoms with Gasteiger partial charge in [0.15, 0.2) is 5.71 Å². The van der Waals surface area contributed by atoms with Crippen LogP contribution in [0.1, 0.15) is 15.9 Å². The number of benzene rings is 1. The maximum atomic E-state index is 12.7.